The second kappa shape index (κ2) is 4.55. The lowest BCUT2D eigenvalue weighted by Crippen LogP contribution is -1.92. The number of hydrogen-bond acceptors (Lipinski definition) is 3. The van der Waals surface area contributed by atoms with E-state index >= 15 is 0 Å². The average molecular weight is 252 g/mol. The average Bonchev–Trinajstić information content (AvgIpc) is 2.78. The Bertz CT molecular complexity index is 563. The summed E-state index contributed by atoms with van der Waals surface area (Å²) in [4.78, 5) is 11.4. The van der Waals surface area contributed by atoms with Crippen molar-refractivity contribution in [2.45, 2.75) is 0 Å². The number of hydrogen-bond donors (Lipinski definition) is 1. The molecule has 88 valence electrons. The van der Waals surface area contributed by atoms with Gasteiger partial charge in [0.05, 0.1) is 12.7 Å². The number of ether oxygens (including phenoxy) is 1. The van der Waals surface area contributed by atoms with E-state index in [-0.39, 0.29) is 11.4 Å². The van der Waals surface area contributed by atoms with Gasteiger partial charge in [0, 0.05) is 15.8 Å². The number of carboxylic acids is 1. The monoisotopic (exact) mass is 252 g/mol. The van der Waals surface area contributed by atoms with Crippen LogP contribution in [0.4, 0.5) is 4.39 Å². The summed E-state index contributed by atoms with van der Waals surface area (Å²) < 4.78 is 18.3. The van der Waals surface area contributed by atoms with Crippen molar-refractivity contribution in [3.8, 4) is 16.2 Å². The Morgan fingerprint density at radius 3 is 2.76 bits per heavy atom. The molecule has 0 aliphatic carbocycles. The second-order valence-corrected chi connectivity index (χ2v) is 4.26. The predicted molar refractivity (Wildman–Crippen MR) is 63.2 cm³/mol. The molecule has 0 bridgehead atoms. The van der Waals surface area contributed by atoms with Gasteiger partial charge in [-0.25, -0.2) is 9.18 Å². The maximum absolute atomic E-state index is 13.2. The molecule has 0 atom stereocenters. The normalized spacial score (nSPS) is 10.2. The van der Waals surface area contributed by atoms with Gasteiger partial charge in [0.15, 0.2) is 0 Å². The van der Waals surface area contributed by atoms with E-state index in [0.29, 0.717) is 16.2 Å². The molecule has 0 saturated carbocycles. The van der Waals surface area contributed by atoms with Crippen molar-refractivity contribution < 1.29 is 19.0 Å². The zero-order valence-corrected chi connectivity index (χ0v) is 9.75. The summed E-state index contributed by atoms with van der Waals surface area (Å²) in [5, 5.41) is 10.3. The molecular weight excluding hydrogens is 243 g/mol. The van der Waals surface area contributed by atoms with Crippen LogP contribution in [0, 0.1) is 5.82 Å². The Morgan fingerprint density at radius 2 is 2.18 bits per heavy atom. The van der Waals surface area contributed by atoms with E-state index in [1.165, 1.54) is 48.1 Å². The van der Waals surface area contributed by atoms with Gasteiger partial charge in [0.1, 0.15) is 11.6 Å². The molecule has 5 heteroatoms. The van der Waals surface area contributed by atoms with Crippen LogP contribution in [0.3, 0.4) is 0 Å². The fraction of sp³-hybridized carbons (Fsp3) is 0.0833. The van der Waals surface area contributed by atoms with Gasteiger partial charge in [-0.15, -0.1) is 11.3 Å². The summed E-state index contributed by atoms with van der Waals surface area (Å²) in [6.07, 6.45) is 0. The molecule has 2 aromatic rings. The molecule has 0 unspecified atom stereocenters. The highest BCUT2D eigenvalue weighted by molar-refractivity contribution is 7.13. The number of benzene rings is 1. The van der Waals surface area contributed by atoms with Crippen LogP contribution in [-0.2, 0) is 0 Å². The Morgan fingerprint density at radius 1 is 1.41 bits per heavy atom. The summed E-state index contributed by atoms with van der Waals surface area (Å²) >= 11 is 1.24. The third-order valence-corrected chi connectivity index (χ3v) is 3.24. The number of thiophene rings is 1. The molecule has 0 radical (unpaired) electrons. The van der Waals surface area contributed by atoms with Crippen LogP contribution in [0.15, 0.2) is 29.6 Å². The first-order valence-electron chi connectivity index (χ1n) is 4.77. The van der Waals surface area contributed by atoms with Gasteiger partial charge >= 0.3 is 5.97 Å². The first kappa shape index (κ1) is 11.6. The smallest absolute Gasteiger partial charge is 0.336 e. The highest BCUT2D eigenvalue weighted by Crippen LogP contribution is 2.34. The third-order valence-electron chi connectivity index (χ3n) is 2.27. The quantitative estimate of drug-likeness (QED) is 0.912. The van der Waals surface area contributed by atoms with Crippen molar-refractivity contribution in [2.24, 2.45) is 0 Å². The lowest BCUT2D eigenvalue weighted by molar-refractivity contribution is 0.0697. The number of methoxy groups -OCH3 is 1. The first-order valence-corrected chi connectivity index (χ1v) is 5.65. The van der Waals surface area contributed by atoms with Gasteiger partial charge in [-0.3, -0.25) is 0 Å². The predicted octanol–water partition coefficient (Wildman–Crippen LogP) is 3.26. The highest BCUT2D eigenvalue weighted by atomic mass is 32.1. The molecule has 0 spiro atoms. The van der Waals surface area contributed by atoms with Crippen molar-refractivity contribution in [3.63, 3.8) is 0 Å². The summed E-state index contributed by atoms with van der Waals surface area (Å²) in [5.41, 5.74) is 0.751. The van der Waals surface area contributed by atoms with Gasteiger partial charge in [0.2, 0.25) is 0 Å². The Balaban J connectivity index is 2.51. The van der Waals surface area contributed by atoms with Crippen LogP contribution in [0.2, 0.25) is 0 Å². The van der Waals surface area contributed by atoms with Crippen molar-refractivity contribution in [1.82, 2.24) is 0 Å². The Labute approximate surface area is 101 Å². The highest BCUT2D eigenvalue weighted by Gasteiger charge is 2.12. The van der Waals surface area contributed by atoms with Crippen LogP contribution >= 0.6 is 11.3 Å². The molecule has 0 saturated heterocycles. The standard InChI is InChI=1S/C12H9FO3S/c1-16-10-3-2-8(13)5-9(10)11-4-7(6-17-11)12(14)15/h2-6H,1H3,(H,14,15). The topological polar surface area (TPSA) is 46.5 Å². The number of rotatable bonds is 3. The maximum Gasteiger partial charge on any atom is 0.336 e. The van der Waals surface area contributed by atoms with Crippen LogP contribution in [0.5, 0.6) is 5.75 Å². The van der Waals surface area contributed by atoms with Gasteiger partial charge in [-0.2, -0.15) is 0 Å². The largest absolute Gasteiger partial charge is 0.496 e. The Hall–Kier alpha value is -1.88. The van der Waals surface area contributed by atoms with E-state index in [0.717, 1.165) is 0 Å². The van der Waals surface area contributed by atoms with Crippen LogP contribution in [0.1, 0.15) is 10.4 Å². The van der Waals surface area contributed by atoms with E-state index in [9.17, 15) is 9.18 Å². The minimum atomic E-state index is -0.997. The molecule has 0 aliphatic heterocycles. The van der Waals surface area contributed by atoms with Crippen LogP contribution in [-0.4, -0.2) is 18.2 Å². The van der Waals surface area contributed by atoms with E-state index in [1.54, 1.807) is 0 Å². The van der Waals surface area contributed by atoms with Gasteiger partial charge < -0.3 is 9.84 Å². The van der Waals surface area contributed by atoms with E-state index in [2.05, 4.69) is 0 Å². The molecule has 1 aromatic carbocycles. The number of aromatic carboxylic acids is 1. The maximum atomic E-state index is 13.2. The Kier molecular flexibility index (Phi) is 3.10. The molecule has 2 rings (SSSR count). The number of carbonyl (C=O) groups is 1. The number of carboxylic acid groups (broad SMARTS) is 1. The van der Waals surface area contributed by atoms with Crippen molar-refractivity contribution in [3.05, 3.63) is 41.0 Å². The molecular formula is C12H9FO3S. The molecule has 1 heterocycles. The molecule has 1 aromatic heterocycles. The molecule has 0 aliphatic rings. The molecule has 0 fully saturated rings. The van der Waals surface area contributed by atoms with Crippen molar-refractivity contribution in [1.29, 1.82) is 0 Å². The fourth-order valence-electron chi connectivity index (χ4n) is 1.46. The van der Waals surface area contributed by atoms with Gasteiger partial charge in [0.25, 0.3) is 0 Å². The van der Waals surface area contributed by atoms with Crippen LogP contribution in [0.25, 0.3) is 10.4 Å². The van der Waals surface area contributed by atoms with E-state index in [1.807, 2.05) is 0 Å². The van der Waals surface area contributed by atoms with Crippen molar-refractivity contribution in [2.75, 3.05) is 7.11 Å². The van der Waals surface area contributed by atoms with E-state index < -0.39 is 5.97 Å². The second-order valence-electron chi connectivity index (χ2n) is 3.35. The van der Waals surface area contributed by atoms with Crippen LogP contribution < -0.4 is 4.74 Å². The summed E-state index contributed by atoms with van der Waals surface area (Å²) in [5.74, 6) is -0.862. The fourth-order valence-corrected chi connectivity index (χ4v) is 2.37. The minimum absolute atomic E-state index is 0.191. The van der Waals surface area contributed by atoms with Gasteiger partial charge in [-0.1, -0.05) is 0 Å². The number of halogens is 1. The first-order chi connectivity index (χ1) is 8.11. The third kappa shape index (κ3) is 2.29. The van der Waals surface area contributed by atoms with E-state index in [4.69, 9.17) is 9.84 Å². The zero-order valence-electron chi connectivity index (χ0n) is 8.94. The summed E-state index contributed by atoms with van der Waals surface area (Å²) in [6.45, 7) is 0. The molecule has 1 N–H and O–H groups in total. The molecule has 3 nitrogen and oxygen atoms in total. The zero-order chi connectivity index (χ0) is 12.4. The van der Waals surface area contributed by atoms with Crippen molar-refractivity contribution >= 4 is 17.3 Å². The summed E-state index contributed by atoms with van der Waals surface area (Å²) in [6, 6.07) is 5.65. The summed E-state index contributed by atoms with van der Waals surface area (Å²) in [7, 11) is 1.49. The molecule has 0 amide bonds. The lowest BCUT2D eigenvalue weighted by atomic mass is 10.1. The molecule has 17 heavy (non-hydrogen) atoms. The van der Waals surface area contributed by atoms with Gasteiger partial charge in [-0.05, 0) is 24.3 Å². The SMILES string of the molecule is COc1ccc(F)cc1-c1cc(C(=O)O)cs1. The minimum Gasteiger partial charge on any atom is -0.496 e. The lowest BCUT2D eigenvalue weighted by Gasteiger charge is -2.06.